The largest absolute Gasteiger partial charge is 0.395 e. The van der Waals surface area contributed by atoms with Gasteiger partial charge in [-0.15, -0.1) is 0 Å². The van der Waals surface area contributed by atoms with Crippen LogP contribution in [0.25, 0.3) is 0 Å². The van der Waals surface area contributed by atoms with E-state index in [2.05, 4.69) is 43.0 Å². The van der Waals surface area contributed by atoms with Crippen molar-refractivity contribution in [3.05, 3.63) is 35.4 Å². The number of nitrogens with zero attached hydrogens (tertiary/aromatic N) is 2. The number of piperazine rings is 1. The first kappa shape index (κ1) is 18.0. The zero-order chi connectivity index (χ0) is 17.0. The maximum atomic E-state index is 13.0. The molecule has 1 aliphatic heterocycles. The van der Waals surface area contributed by atoms with Gasteiger partial charge < -0.3 is 10.0 Å². The maximum Gasteiger partial charge on any atom is 0.232 e. The maximum absolute atomic E-state index is 13.0. The van der Waals surface area contributed by atoms with Gasteiger partial charge >= 0.3 is 0 Å². The molecule has 4 heteroatoms. The Balaban J connectivity index is 2.02. The fourth-order valence-electron chi connectivity index (χ4n) is 3.28. The highest BCUT2D eigenvalue weighted by Crippen LogP contribution is 2.27. The van der Waals surface area contributed by atoms with E-state index in [0.717, 1.165) is 38.2 Å². The molecule has 0 aliphatic carbocycles. The van der Waals surface area contributed by atoms with E-state index in [1.54, 1.807) is 0 Å². The van der Waals surface area contributed by atoms with Crippen LogP contribution in [-0.4, -0.2) is 59.6 Å². The molecule has 1 fully saturated rings. The van der Waals surface area contributed by atoms with E-state index in [-0.39, 0.29) is 18.6 Å². The molecular formula is C19H30N2O2. The molecular weight excluding hydrogens is 288 g/mol. The first-order chi connectivity index (χ1) is 10.9. The summed E-state index contributed by atoms with van der Waals surface area (Å²) < 4.78 is 0. The number of benzene rings is 1. The minimum Gasteiger partial charge on any atom is -0.395 e. The van der Waals surface area contributed by atoms with Gasteiger partial charge in [-0.1, -0.05) is 36.8 Å². The molecule has 0 radical (unpaired) electrons. The minimum atomic E-state index is -0.503. The van der Waals surface area contributed by atoms with Crippen LogP contribution >= 0.6 is 0 Å². The molecule has 1 aromatic carbocycles. The average Bonchev–Trinajstić information content (AvgIpc) is 2.56. The monoisotopic (exact) mass is 318 g/mol. The molecule has 1 aromatic rings. The fraction of sp³-hybridized carbons (Fsp3) is 0.632. The molecule has 0 spiro atoms. The molecule has 1 amide bonds. The average molecular weight is 318 g/mol. The van der Waals surface area contributed by atoms with Crippen molar-refractivity contribution in [2.45, 2.75) is 45.6 Å². The van der Waals surface area contributed by atoms with E-state index in [1.165, 1.54) is 5.56 Å². The fourth-order valence-corrected chi connectivity index (χ4v) is 3.28. The molecule has 23 heavy (non-hydrogen) atoms. The molecule has 1 N–H and O–H groups in total. The van der Waals surface area contributed by atoms with Gasteiger partial charge in [0.25, 0.3) is 0 Å². The Labute approximate surface area is 140 Å². The van der Waals surface area contributed by atoms with Crippen LogP contribution in [0.15, 0.2) is 24.3 Å². The normalized spacial score (nSPS) is 18.0. The Kier molecular flexibility index (Phi) is 5.82. The van der Waals surface area contributed by atoms with E-state index in [4.69, 9.17) is 0 Å². The number of aliphatic hydroxyl groups excluding tert-OH is 1. The number of rotatable bonds is 5. The van der Waals surface area contributed by atoms with Crippen molar-refractivity contribution in [3.63, 3.8) is 0 Å². The quantitative estimate of drug-likeness (QED) is 0.905. The number of hydrogen-bond donors (Lipinski definition) is 1. The molecule has 0 saturated carbocycles. The van der Waals surface area contributed by atoms with E-state index < -0.39 is 5.41 Å². The predicted molar refractivity (Wildman–Crippen MR) is 93.5 cm³/mol. The Morgan fingerprint density at radius 2 is 1.74 bits per heavy atom. The molecule has 1 aliphatic rings. The van der Waals surface area contributed by atoms with Gasteiger partial charge in [-0.2, -0.15) is 0 Å². The summed E-state index contributed by atoms with van der Waals surface area (Å²) in [6, 6.07) is 8.47. The summed E-state index contributed by atoms with van der Waals surface area (Å²) in [5.74, 6) is 0.193. The summed E-state index contributed by atoms with van der Waals surface area (Å²) in [6.07, 6.45) is 0.944. The van der Waals surface area contributed by atoms with E-state index in [9.17, 15) is 9.90 Å². The summed E-state index contributed by atoms with van der Waals surface area (Å²) in [7, 11) is 0. The number of aryl methyl sites for hydroxylation is 1. The first-order valence-electron chi connectivity index (χ1n) is 8.61. The van der Waals surface area contributed by atoms with Crippen molar-refractivity contribution in [2.75, 3.05) is 32.8 Å². The van der Waals surface area contributed by atoms with Crippen LogP contribution in [0.4, 0.5) is 0 Å². The number of amides is 1. The van der Waals surface area contributed by atoms with Gasteiger partial charge in [-0.3, -0.25) is 9.69 Å². The van der Waals surface area contributed by atoms with Crippen molar-refractivity contribution in [1.29, 1.82) is 0 Å². The van der Waals surface area contributed by atoms with Crippen LogP contribution in [0.3, 0.4) is 0 Å². The van der Waals surface area contributed by atoms with Crippen molar-refractivity contribution < 1.29 is 9.90 Å². The molecule has 128 valence electrons. The van der Waals surface area contributed by atoms with Gasteiger partial charge in [-0.25, -0.2) is 0 Å². The molecule has 1 saturated heterocycles. The SMILES string of the molecule is CCC(CO)N1CCN(C(=O)C(C)(C)c2ccc(C)cc2)CC1. The highest BCUT2D eigenvalue weighted by Gasteiger charge is 2.35. The third kappa shape index (κ3) is 3.93. The molecule has 1 unspecified atom stereocenters. The molecule has 1 heterocycles. The van der Waals surface area contributed by atoms with Gasteiger partial charge in [0.2, 0.25) is 5.91 Å². The van der Waals surface area contributed by atoms with Crippen LogP contribution in [0.5, 0.6) is 0 Å². The van der Waals surface area contributed by atoms with Gasteiger partial charge in [0.1, 0.15) is 0 Å². The number of aliphatic hydroxyl groups is 1. The standard InChI is InChI=1S/C19H30N2O2/c1-5-17(14-22)20-10-12-21(13-11-20)18(23)19(3,4)16-8-6-15(2)7-9-16/h6-9,17,22H,5,10-14H2,1-4H3. The molecule has 4 nitrogen and oxygen atoms in total. The number of carbonyl (C=O) groups is 1. The van der Waals surface area contributed by atoms with E-state index in [0.29, 0.717) is 0 Å². The van der Waals surface area contributed by atoms with Crippen molar-refractivity contribution in [1.82, 2.24) is 9.80 Å². The van der Waals surface area contributed by atoms with Crippen LogP contribution in [0.1, 0.15) is 38.3 Å². The first-order valence-corrected chi connectivity index (χ1v) is 8.61. The Morgan fingerprint density at radius 3 is 2.22 bits per heavy atom. The number of hydrogen-bond acceptors (Lipinski definition) is 3. The lowest BCUT2D eigenvalue weighted by atomic mass is 9.82. The summed E-state index contributed by atoms with van der Waals surface area (Å²) >= 11 is 0. The van der Waals surface area contributed by atoms with Gasteiger partial charge in [0, 0.05) is 32.2 Å². The highest BCUT2D eigenvalue weighted by atomic mass is 16.3. The lowest BCUT2D eigenvalue weighted by Crippen LogP contribution is -2.55. The van der Waals surface area contributed by atoms with Gasteiger partial charge in [0.05, 0.1) is 12.0 Å². The van der Waals surface area contributed by atoms with Crippen molar-refractivity contribution in [3.8, 4) is 0 Å². The zero-order valence-corrected chi connectivity index (χ0v) is 14.9. The lowest BCUT2D eigenvalue weighted by Gasteiger charge is -2.41. The van der Waals surface area contributed by atoms with E-state index in [1.807, 2.05) is 18.7 Å². The zero-order valence-electron chi connectivity index (χ0n) is 14.9. The van der Waals surface area contributed by atoms with Crippen LogP contribution in [-0.2, 0) is 10.2 Å². The molecule has 2 rings (SSSR count). The minimum absolute atomic E-state index is 0.193. The summed E-state index contributed by atoms with van der Waals surface area (Å²) in [5, 5.41) is 9.43. The Hall–Kier alpha value is -1.39. The second-order valence-electron chi connectivity index (χ2n) is 7.06. The summed E-state index contributed by atoms with van der Waals surface area (Å²) in [4.78, 5) is 17.2. The van der Waals surface area contributed by atoms with Gasteiger partial charge in [-0.05, 0) is 32.8 Å². The third-order valence-corrected chi connectivity index (χ3v) is 5.11. The molecule has 0 aromatic heterocycles. The molecule has 1 atom stereocenters. The lowest BCUT2D eigenvalue weighted by molar-refractivity contribution is -0.138. The van der Waals surface area contributed by atoms with E-state index >= 15 is 0 Å². The Bertz CT molecular complexity index is 513. The van der Waals surface area contributed by atoms with Crippen LogP contribution in [0.2, 0.25) is 0 Å². The second-order valence-corrected chi connectivity index (χ2v) is 7.06. The van der Waals surface area contributed by atoms with Crippen molar-refractivity contribution in [2.24, 2.45) is 0 Å². The summed E-state index contributed by atoms with van der Waals surface area (Å²) in [5.41, 5.74) is 1.77. The van der Waals surface area contributed by atoms with Gasteiger partial charge in [0.15, 0.2) is 0 Å². The summed E-state index contributed by atoms with van der Waals surface area (Å²) in [6.45, 7) is 11.5. The molecule has 0 bridgehead atoms. The van der Waals surface area contributed by atoms with Crippen LogP contribution < -0.4 is 0 Å². The highest BCUT2D eigenvalue weighted by molar-refractivity contribution is 5.87. The smallest absolute Gasteiger partial charge is 0.232 e. The number of carbonyl (C=O) groups excluding carboxylic acids is 1. The Morgan fingerprint density at radius 1 is 1.17 bits per heavy atom. The third-order valence-electron chi connectivity index (χ3n) is 5.11. The topological polar surface area (TPSA) is 43.8 Å². The van der Waals surface area contributed by atoms with Crippen LogP contribution in [0, 0.1) is 6.92 Å². The second kappa shape index (κ2) is 7.45. The van der Waals surface area contributed by atoms with Crippen molar-refractivity contribution >= 4 is 5.91 Å². The predicted octanol–water partition coefficient (Wildman–Crippen LogP) is 2.19.